The van der Waals surface area contributed by atoms with Crippen LogP contribution in [0.5, 0.6) is 0 Å². The molecule has 1 aliphatic rings. The highest BCUT2D eigenvalue weighted by atomic mass is 32.2. The summed E-state index contributed by atoms with van der Waals surface area (Å²) in [5.41, 5.74) is 3.25. The summed E-state index contributed by atoms with van der Waals surface area (Å²) in [6.45, 7) is 7.82. The van der Waals surface area contributed by atoms with Crippen LogP contribution in [0.25, 0.3) is 0 Å². The first-order valence-corrected chi connectivity index (χ1v) is 9.01. The van der Waals surface area contributed by atoms with Crippen LogP contribution in [-0.2, 0) is 21.1 Å². The number of sulfone groups is 1. The van der Waals surface area contributed by atoms with Gasteiger partial charge in [0.2, 0.25) is 5.91 Å². The molecule has 0 N–H and O–H groups in total. The summed E-state index contributed by atoms with van der Waals surface area (Å²) in [4.78, 5) is 14.2. The summed E-state index contributed by atoms with van der Waals surface area (Å²) in [5.74, 6) is 0.0785. The molecule has 1 fully saturated rings. The van der Waals surface area contributed by atoms with Crippen LogP contribution >= 0.6 is 0 Å². The molecule has 1 aliphatic heterocycles. The molecule has 1 heterocycles. The van der Waals surface area contributed by atoms with E-state index in [4.69, 9.17) is 0 Å². The molecule has 21 heavy (non-hydrogen) atoms. The van der Waals surface area contributed by atoms with Crippen LogP contribution in [-0.4, -0.2) is 42.8 Å². The van der Waals surface area contributed by atoms with Gasteiger partial charge >= 0.3 is 0 Å². The van der Waals surface area contributed by atoms with E-state index in [1.54, 1.807) is 11.8 Å². The number of rotatable bonds is 2. The lowest BCUT2D eigenvalue weighted by atomic mass is 10.0. The highest BCUT2D eigenvalue weighted by Crippen LogP contribution is 2.21. The van der Waals surface area contributed by atoms with Gasteiger partial charge in [-0.15, -0.1) is 0 Å². The maximum atomic E-state index is 12.5. The van der Waals surface area contributed by atoms with Crippen molar-refractivity contribution in [2.45, 2.75) is 45.4 Å². The Balaban J connectivity index is 2.16. The smallest absolute Gasteiger partial charge is 0.227 e. The molecule has 5 heteroatoms. The molecule has 0 spiro atoms. The number of carbonyl (C=O) groups is 1. The fourth-order valence-electron chi connectivity index (χ4n) is 2.78. The quantitative estimate of drug-likeness (QED) is 0.838. The van der Waals surface area contributed by atoms with E-state index in [0.717, 1.165) is 16.7 Å². The zero-order valence-corrected chi connectivity index (χ0v) is 13.9. The predicted molar refractivity (Wildman–Crippen MR) is 84.0 cm³/mol. The number of carbonyl (C=O) groups excluding carboxylic acids is 1. The molecule has 2 atom stereocenters. The molecule has 2 rings (SSSR count). The second kappa shape index (κ2) is 5.79. The number of amides is 1. The minimum atomic E-state index is -3.06. The van der Waals surface area contributed by atoms with E-state index in [2.05, 4.69) is 0 Å². The Bertz CT molecular complexity index is 651. The monoisotopic (exact) mass is 309 g/mol. The van der Waals surface area contributed by atoms with E-state index in [9.17, 15) is 13.2 Å². The summed E-state index contributed by atoms with van der Waals surface area (Å²) >= 11 is 0. The van der Waals surface area contributed by atoms with Crippen molar-refractivity contribution in [3.05, 3.63) is 34.9 Å². The van der Waals surface area contributed by atoms with E-state index in [-0.39, 0.29) is 17.7 Å². The van der Waals surface area contributed by atoms with Gasteiger partial charge in [-0.1, -0.05) is 23.8 Å². The topological polar surface area (TPSA) is 54.5 Å². The fourth-order valence-corrected chi connectivity index (χ4v) is 4.35. The van der Waals surface area contributed by atoms with Gasteiger partial charge in [0.15, 0.2) is 9.84 Å². The summed E-state index contributed by atoms with van der Waals surface area (Å²) in [5, 5.41) is -0.492. The van der Waals surface area contributed by atoms with Gasteiger partial charge in [0, 0.05) is 12.6 Å². The van der Waals surface area contributed by atoms with Crippen LogP contribution in [0.2, 0.25) is 0 Å². The molecule has 0 aliphatic carbocycles. The van der Waals surface area contributed by atoms with Crippen LogP contribution in [0.1, 0.15) is 30.5 Å². The van der Waals surface area contributed by atoms with Gasteiger partial charge in [-0.3, -0.25) is 4.79 Å². The van der Waals surface area contributed by atoms with E-state index in [0.29, 0.717) is 13.0 Å². The number of hydrogen-bond donors (Lipinski definition) is 0. The van der Waals surface area contributed by atoms with Crippen molar-refractivity contribution < 1.29 is 13.2 Å². The van der Waals surface area contributed by atoms with Crippen LogP contribution in [0.3, 0.4) is 0 Å². The van der Waals surface area contributed by atoms with Crippen molar-refractivity contribution in [1.82, 2.24) is 4.90 Å². The lowest BCUT2D eigenvalue weighted by Gasteiger charge is -2.37. The number of aryl methyl sites for hydroxylation is 2. The van der Waals surface area contributed by atoms with Crippen LogP contribution in [0.4, 0.5) is 0 Å². The lowest BCUT2D eigenvalue weighted by molar-refractivity contribution is -0.132. The molecular formula is C16H23NO3S. The summed E-state index contributed by atoms with van der Waals surface area (Å²) < 4.78 is 23.8. The standard InChI is InChI=1S/C16H23NO3S/c1-11-5-6-12(2)15(9-11)10-16(18)17-7-8-21(19,20)14(4)13(17)3/h5-6,9,13-14H,7-8,10H2,1-4H3/t13-,14+/m1/s1. The summed E-state index contributed by atoms with van der Waals surface area (Å²) in [6, 6.07) is 5.81. The Morgan fingerprint density at radius 1 is 1.29 bits per heavy atom. The molecule has 0 unspecified atom stereocenters. The third kappa shape index (κ3) is 3.28. The Kier molecular flexibility index (Phi) is 4.42. The first-order valence-electron chi connectivity index (χ1n) is 7.29. The van der Waals surface area contributed by atoms with E-state index >= 15 is 0 Å². The lowest BCUT2D eigenvalue weighted by Crippen LogP contribution is -2.54. The average molecular weight is 309 g/mol. The Morgan fingerprint density at radius 2 is 1.95 bits per heavy atom. The molecule has 0 aromatic heterocycles. The van der Waals surface area contributed by atoms with Gasteiger partial charge in [-0.25, -0.2) is 8.42 Å². The molecule has 116 valence electrons. The predicted octanol–water partition coefficient (Wildman–Crippen LogP) is 1.88. The van der Waals surface area contributed by atoms with Crippen molar-refractivity contribution in [2.24, 2.45) is 0 Å². The van der Waals surface area contributed by atoms with Crippen molar-refractivity contribution in [1.29, 1.82) is 0 Å². The second-order valence-electron chi connectivity index (χ2n) is 6.01. The van der Waals surface area contributed by atoms with Gasteiger partial charge in [0.05, 0.1) is 17.4 Å². The van der Waals surface area contributed by atoms with E-state index in [1.807, 2.05) is 39.0 Å². The van der Waals surface area contributed by atoms with E-state index < -0.39 is 15.1 Å². The molecule has 1 aromatic carbocycles. The number of nitrogens with zero attached hydrogens (tertiary/aromatic N) is 1. The largest absolute Gasteiger partial charge is 0.337 e. The van der Waals surface area contributed by atoms with Crippen molar-refractivity contribution >= 4 is 15.7 Å². The molecule has 1 aromatic rings. The van der Waals surface area contributed by atoms with Crippen molar-refractivity contribution in [2.75, 3.05) is 12.3 Å². The van der Waals surface area contributed by atoms with Gasteiger partial charge in [-0.2, -0.15) is 0 Å². The highest BCUT2D eigenvalue weighted by molar-refractivity contribution is 7.92. The van der Waals surface area contributed by atoms with Crippen LogP contribution in [0.15, 0.2) is 18.2 Å². The SMILES string of the molecule is Cc1ccc(C)c(CC(=O)N2CCS(=O)(=O)[C@@H](C)[C@H]2C)c1. The minimum Gasteiger partial charge on any atom is -0.337 e. The zero-order valence-electron chi connectivity index (χ0n) is 13.1. The normalized spacial score (nSPS) is 24.9. The van der Waals surface area contributed by atoms with Gasteiger partial charge in [-0.05, 0) is 38.8 Å². The fraction of sp³-hybridized carbons (Fsp3) is 0.562. The number of benzene rings is 1. The van der Waals surface area contributed by atoms with Crippen LogP contribution < -0.4 is 0 Å². The Morgan fingerprint density at radius 3 is 2.62 bits per heavy atom. The maximum Gasteiger partial charge on any atom is 0.227 e. The van der Waals surface area contributed by atoms with Gasteiger partial charge < -0.3 is 4.90 Å². The first kappa shape index (κ1) is 16.0. The molecule has 1 saturated heterocycles. The van der Waals surface area contributed by atoms with E-state index in [1.165, 1.54) is 0 Å². The summed E-state index contributed by atoms with van der Waals surface area (Å²) in [7, 11) is -3.06. The maximum absolute atomic E-state index is 12.5. The number of hydrogen-bond acceptors (Lipinski definition) is 3. The molecular weight excluding hydrogens is 286 g/mol. The van der Waals surface area contributed by atoms with Gasteiger partial charge in [0.25, 0.3) is 0 Å². The Hall–Kier alpha value is -1.36. The molecule has 0 saturated carbocycles. The highest BCUT2D eigenvalue weighted by Gasteiger charge is 2.37. The molecule has 4 nitrogen and oxygen atoms in total. The Labute approximate surface area is 127 Å². The zero-order chi connectivity index (χ0) is 15.8. The molecule has 0 radical (unpaired) electrons. The van der Waals surface area contributed by atoms with Crippen molar-refractivity contribution in [3.63, 3.8) is 0 Å². The van der Waals surface area contributed by atoms with Crippen LogP contribution in [0, 0.1) is 13.8 Å². The van der Waals surface area contributed by atoms with Gasteiger partial charge in [0.1, 0.15) is 0 Å². The second-order valence-corrected chi connectivity index (χ2v) is 8.48. The van der Waals surface area contributed by atoms with Crippen molar-refractivity contribution in [3.8, 4) is 0 Å². The first-order chi connectivity index (χ1) is 9.72. The molecule has 1 amide bonds. The third-order valence-electron chi connectivity index (χ3n) is 4.52. The molecule has 0 bridgehead atoms. The third-order valence-corrected chi connectivity index (χ3v) is 6.80. The summed E-state index contributed by atoms with van der Waals surface area (Å²) in [6.07, 6.45) is 0.338. The minimum absolute atomic E-state index is 0.0120. The average Bonchev–Trinajstić information content (AvgIpc) is 2.40.